The number of nitrogens with one attached hydrogen (secondary N) is 2. The molecule has 2 nitrogen and oxygen atoms in total. The van der Waals surface area contributed by atoms with Crippen molar-refractivity contribution in [3.8, 4) is 0 Å². The van der Waals surface area contributed by atoms with Gasteiger partial charge in [0.25, 0.3) is 0 Å². The molecule has 2 N–H and O–H groups in total. The van der Waals surface area contributed by atoms with Gasteiger partial charge in [-0.2, -0.15) is 13.2 Å². The molecule has 1 atom stereocenters. The predicted molar refractivity (Wildman–Crippen MR) is 65.7 cm³/mol. The van der Waals surface area contributed by atoms with Crippen molar-refractivity contribution in [3.05, 3.63) is 29.3 Å². The van der Waals surface area contributed by atoms with Gasteiger partial charge in [-0.3, -0.25) is 0 Å². The topological polar surface area (TPSA) is 24.1 Å². The van der Waals surface area contributed by atoms with E-state index in [1.165, 1.54) is 6.07 Å². The summed E-state index contributed by atoms with van der Waals surface area (Å²) in [6.07, 6.45) is -3.44. The molecule has 0 spiro atoms. The Balaban J connectivity index is 2.11. The van der Waals surface area contributed by atoms with Crippen molar-refractivity contribution in [3.63, 3.8) is 0 Å². The average molecular weight is 258 g/mol. The second-order valence-electron chi connectivity index (χ2n) is 4.63. The smallest absolute Gasteiger partial charge is 0.384 e. The Morgan fingerprint density at radius 3 is 2.83 bits per heavy atom. The monoisotopic (exact) mass is 258 g/mol. The molecule has 1 aromatic rings. The Morgan fingerprint density at radius 1 is 1.39 bits per heavy atom. The molecular weight excluding hydrogens is 241 g/mol. The van der Waals surface area contributed by atoms with Crippen LogP contribution in [0, 0.1) is 5.92 Å². The number of fused-ring (bicyclic) bond motifs is 1. The third-order valence-electron chi connectivity index (χ3n) is 3.21. The molecule has 5 heteroatoms. The predicted octanol–water partition coefficient (Wildman–Crippen LogP) is 2.90. The molecule has 0 aliphatic carbocycles. The van der Waals surface area contributed by atoms with Crippen LogP contribution in [0.25, 0.3) is 0 Å². The molecule has 18 heavy (non-hydrogen) atoms. The first kappa shape index (κ1) is 13.2. The zero-order chi connectivity index (χ0) is 13.2. The summed E-state index contributed by atoms with van der Waals surface area (Å²) in [5.74, 6) is 0.439. The van der Waals surface area contributed by atoms with Crippen LogP contribution in [0.3, 0.4) is 0 Å². The third kappa shape index (κ3) is 2.96. The number of hydrogen-bond acceptors (Lipinski definition) is 2. The molecule has 0 fully saturated rings. The highest BCUT2D eigenvalue weighted by molar-refractivity contribution is 5.55. The number of alkyl halides is 3. The van der Waals surface area contributed by atoms with Crippen LogP contribution in [0.1, 0.15) is 18.1 Å². The molecule has 0 amide bonds. The van der Waals surface area contributed by atoms with Gasteiger partial charge in [0.2, 0.25) is 0 Å². The van der Waals surface area contributed by atoms with E-state index in [4.69, 9.17) is 0 Å². The summed E-state index contributed by atoms with van der Waals surface area (Å²) >= 11 is 0. The van der Waals surface area contributed by atoms with Gasteiger partial charge in [-0.15, -0.1) is 0 Å². The molecule has 1 heterocycles. The van der Waals surface area contributed by atoms with E-state index in [2.05, 4.69) is 10.6 Å². The van der Waals surface area contributed by atoms with Gasteiger partial charge >= 0.3 is 6.18 Å². The van der Waals surface area contributed by atoms with E-state index >= 15 is 0 Å². The minimum atomic E-state index is -4.27. The van der Waals surface area contributed by atoms with Gasteiger partial charge in [-0.25, -0.2) is 0 Å². The molecule has 0 saturated carbocycles. The van der Waals surface area contributed by atoms with Crippen LogP contribution in [-0.2, 0) is 12.6 Å². The van der Waals surface area contributed by atoms with Crippen molar-refractivity contribution in [2.45, 2.75) is 19.5 Å². The molecular formula is C13H17F3N2. The minimum Gasteiger partial charge on any atom is -0.384 e. The zero-order valence-electron chi connectivity index (χ0n) is 10.3. The van der Waals surface area contributed by atoms with Crippen LogP contribution in [-0.4, -0.2) is 19.6 Å². The summed E-state index contributed by atoms with van der Waals surface area (Å²) in [7, 11) is 0. The van der Waals surface area contributed by atoms with Gasteiger partial charge in [0.1, 0.15) is 0 Å². The first-order chi connectivity index (χ1) is 8.50. The van der Waals surface area contributed by atoms with Crippen LogP contribution < -0.4 is 10.6 Å². The van der Waals surface area contributed by atoms with Gasteiger partial charge in [0, 0.05) is 12.2 Å². The lowest BCUT2D eigenvalue weighted by Crippen LogP contribution is -2.32. The van der Waals surface area contributed by atoms with Crippen molar-refractivity contribution < 1.29 is 13.2 Å². The summed E-state index contributed by atoms with van der Waals surface area (Å²) in [4.78, 5) is 0. The fraction of sp³-hybridized carbons (Fsp3) is 0.538. The first-order valence-corrected chi connectivity index (χ1v) is 6.15. The number of halogens is 3. The summed E-state index contributed by atoms with van der Waals surface area (Å²) in [6, 6.07) is 3.96. The number of hydrogen-bond donors (Lipinski definition) is 2. The Morgan fingerprint density at radius 2 is 2.17 bits per heavy atom. The van der Waals surface area contributed by atoms with Crippen molar-refractivity contribution in [1.29, 1.82) is 0 Å². The largest absolute Gasteiger partial charge is 0.416 e. The highest BCUT2D eigenvalue weighted by atomic mass is 19.4. The van der Waals surface area contributed by atoms with Crippen LogP contribution in [0.15, 0.2) is 18.2 Å². The van der Waals surface area contributed by atoms with Crippen molar-refractivity contribution in [1.82, 2.24) is 5.32 Å². The normalized spacial score (nSPS) is 19.2. The van der Waals surface area contributed by atoms with E-state index in [0.717, 1.165) is 37.7 Å². The number of anilines is 1. The van der Waals surface area contributed by atoms with Crippen molar-refractivity contribution >= 4 is 5.69 Å². The van der Waals surface area contributed by atoms with Crippen LogP contribution >= 0.6 is 0 Å². The second kappa shape index (κ2) is 5.18. The lowest BCUT2D eigenvalue weighted by molar-refractivity contribution is -0.137. The second-order valence-corrected chi connectivity index (χ2v) is 4.63. The third-order valence-corrected chi connectivity index (χ3v) is 3.21. The van der Waals surface area contributed by atoms with Gasteiger partial charge in [-0.1, -0.05) is 13.0 Å². The van der Waals surface area contributed by atoms with Crippen molar-refractivity contribution in [2.75, 3.05) is 25.0 Å². The molecule has 1 unspecified atom stereocenters. The maximum absolute atomic E-state index is 12.6. The molecule has 0 saturated heterocycles. The fourth-order valence-corrected chi connectivity index (χ4v) is 2.23. The Labute approximate surface area is 105 Å². The molecule has 1 aliphatic heterocycles. The molecule has 0 aromatic heterocycles. The SMILES string of the molecule is CCNCC1CNc2cc(C(F)(F)F)ccc2C1. The zero-order valence-corrected chi connectivity index (χ0v) is 10.3. The lowest BCUT2D eigenvalue weighted by atomic mass is 9.93. The number of benzene rings is 1. The Hall–Kier alpha value is -1.23. The fourth-order valence-electron chi connectivity index (χ4n) is 2.23. The summed E-state index contributed by atoms with van der Waals surface area (Å²) < 4.78 is 37.7. The summed E-state index contributed by atoms with van der Waals surface area (Å²) in [6.45, 7) is 4.57. The van der Waals surface area contributed by atoms with Crippen LogP contribution in [0.4, 0.5) is 18.9 Å². The van der Waals surface area contributed by atoms with Crippen LogP contribution in [0.2, 0.25) is 0 Å². The van der Waals surface area contributed by atoms with Gasteiger partial charge < -0.3 is 10.6 Å². The van der Waals surface area contributed by atoms with Crippen molar-refractivity contribution in [2.24, 2.45) is 5.92 Å². The molecule has 2 rings (SSSR count). The standard InChI is InChI=1S/C13H17F3N2/c1-2-17-7-9-5-10-3-4-11(13(14,15)16)6-12(10)18-8-9/h3-4,6,9,17-18H,2,5,7-8H2,1H3. The maximum Gasteiger partial charge on any atom is 0.416 e. The summed E-state index contributed by atoms with van der Waals surface area (Å²) in [5, 5.41) is 6.36. The lowest BCUT2D eigenvalue weighted by Gasteiger charge is -2.27. The van der Waals surface area contributed by atoms with E-state index < -0.39 is 11.7 Å². The van der Waals surface area contributed by atoms with Gasteiger partial charge in [0.05, 0.1) is 5.56 Å². The van der Waals surface area contributed by atoms with E-state index in [1.807, 2.05) is 6.92 Å². The Bertz CT molecular complexity index is 415. The Kier molecular flexibility index (Phi) is 3.80. The first-order valence-electron chi connectivity index (χ1n) is 6.15. The summed E-state index contributed by atoms with van der Waals surface area (Å²) in [5.41, 5.74) is 1.01. The molecule has 1 aromatic carbocycles. The molecule has 100 valence electrons. The van der Waals surface area contributed by atoms with E-state index in [-0.39, 0.29) is 0 Å². The molecule has 1 aliphatic rings. The average Bonchev–Trinajstić information content (AvgIpc) is 2.34. The highest BCUT2D eigenvalue weighted by Gasteiger charge is 2.31. The van der Waals surface area contributed by atoms with Gasteiger partial charge in [0.15, 0.2) is 0 Å². The van der Waals surface area contributed by atoms with E-state index in [0.29, 0.717) is 11.6 Å². The number of rotatable bonds is 3. The highest BCUT2D eigenvalue weighted by Crippen LogP contribution is 2.34. The molecule has 0 radical (unpaired) electrons. The van der Waals surface area contributed by atoms with Gasteiger partial charge in [-0.05, 0) is 43.1 Å². The van der Waals surface area contributed by atoms with Crippen LogP contribution in [0.5, 0.6) is 0 Å². The van der Waals surface area contributed by atoms with E-state index in [1.54, 1.807) is 6.07 Å². The minimum absolute atomic E-state index is 0.439. The van der Waals surface area contributed by atoms with E-state index in [9.17, 15) is 13.2 Å². The molecule has 0 bridgehead atoms. The maximum atomic E-state index is 12.6. The quantitative estimate of drug-likeness (QED) is 0.871.